The van der Waals surface area contributed by atoms with Crippen molar-refractivity contribution in [1.82, 2.24) is 21.3 Å². The number of nitrogens with one attached hydrogen (secondary N) is 4. The highest BCUT2D eigenvalue weighted by Gasteiger charge is 2.29. The first-order valence-electron chi connectivity index (χ1n) is 9.83. The van der Waals surface area contributed by atoms with Crippen molar-refractivity contribution < 1.29 is 39.0 Å². The van der Waals surface area contributed by atoms with E-state index < -0.39 is 54.6 Å². The van der Waals surface area contributed by atoms with E-state index in [0.29, 0.717) is 18.5 Å². The van der Waals surface area contributed by atoms with E-state index in [1.807, 2.05) is 0 Å². The maximum Gasteiger partial charge on any atom is 0.305 e. The molecule has 0 bridgehead atoms. The number of thiol groups is 1. The van der Waals surface area contributed by atoms with Gasteiger partial charge in [-0.2, -0.15) is 12.6 Å². The van der Waals surface area contributed by atoms with Gasteiger partial charge in [0.25, 0.3) is 0 Å². The molecule has 2 atom stereocenters. The summed E-state index contributed by atoms with van der Waals surface area (Å²) in [5, 5.41) is 27.5. The Morgan fingerprint density at radius 2 is 1.42 bits per heavy atom. The molecule has 0 fully saturated rings. The SMILES string of the molecule is O=CNCc1ccc(CC(=O)N[C@@H](CC(=O)O)C(=O)N[C@@H](CC(=O)O)C(=O)NCCS)cc1. The Morgan fingerprint density at radius 1 is 0.879 bits per heavy atom. The second-order valence-corrected chi connectivity index (χ2v) is 7.33. The third-order valence-electron chi connectivity index (χ3n) is 4.23. The number of carbonyl (C=O) groups excluding carboxylic acids is 4. The normalized spacial score (nSPS) is 12.0. The third kappa shape index (κ3) is 11.0. The van der Waals surface area contributed by atoms with Crippen LogP contribution in [0.4, 0.5) is 0 Å². The van der Waals surface area contributed by atoms with Crippen molar-refractivity contribution >= 4 is 48.7 Å². The standard InChI is InChI=1S/C20H26N4O8S/c25-11-21-10-13-3-1-12(2-4-13)7-16(26)23-15(9-18(29)30)20(32)24-14(8-17(27)28)19(31)22-5-6-33/h1-4,11,14-15,33H,5-10H2,(H,21,25)(H,22,31)(H,23,26)(H,24,32)(H,27,28)(H,29,30)/t14-,15-/m0/s1. The highest BCUT2D eigenvalue weighted by atomic mass is 32.1. The molecule has 0 saturated heterocycles. The van der Waals surface area contributed by atoms with Crippen LogP contribution in [-0.4, -0.2) is 70.7 Å². The van der Waals surface area contributed by atoms with Crippen molar-refractivity contribution in [3.05, 3.63) is 35.4 Å². The molecule has 4 amide bonds. The summed E-state index contributed by atoms with van der Waals surface area (Å²) in [7, 11) is 0. The van der Waals surface area contributed by atoms with Crippen LogP contribution in [0.15, 0.2) is 24.3 Å². The first-order chi connectivity index (χ1) is 15.7. The van der Waals surface area contributed by atoms with Crippen molar-refractivity contribution in [1.29, 1.82) is 0 Å². The highest BCUT2D eigenvalue weighted by Crippen LogP contribution is 2.06. The molecule has 0 spiro atoms. The van der Waals surface area contributed by atoms with Crippen molar-refractivity contribution in [2.24, 2.45) is 0 Å². The molecular weight excluding hydrogens is 456 g/mol. The van der Waals surface area contributed by atoms with Crippen molar-refractivity contribution in [2.45, 2.75) is 37.9 Å². The minimum atomic E-state index is -1.53. The number of carbonyl (C=O) groups is 6. The summed E-state index contributed by atoms with van der Waals surface area (Å²) in [6.07, 6.45) is -1.11. The maximum absolute atomic E-state index is 12.6. The lowest BCUT2D eigenvalue weighted by molar-refractivity contribution is -0.143. The Bertz CT molecular complexity index is 862. The van der Waals surface area contributed by atoms with Gasteiger partial charge in [-0.05, 0) is 11.1 Å². The Morgan fingerprint density at radius 3 is 1.94 bits per heavy atom. The van der Waals surface area contributed by atoms with Gasteiger partial charge < -0.3 is 31.5 Å². The number of carboxylic acids is 2. The summed E-state index contributed by atoms with van der Waals surface area (Å²) in [5.74, 6) is -4.88. The molecule has 0 unspecified atom stereocenters. The number of benzene rings is 1. The minimum absolute atomic E-state index is 0.132. The second-order valence-electron chi connectivity index (χ2n) is 6.88. The average Bonchev–Trinajstić information content (AvgIpc) is 2.75. The molecule has 12 nitrogen and oxygen atoms in total. The van der Waals surface area contributed by atoms with Crippen molar-refractivity contribution in [3.8, 4) is 0 Å². The first kappa shape index (κ1) is 27.4. The number of rotatable bonds is 15. The topological polar surface area (TPSA) is 191 Å². The lowest BCUT2D eigenvalue weighted by atomic mass is 10.1. The zero-order valence-electron chi connectivity index (χ0n) is 17.6. The zero-order chi connectivity index (χ0) is 24.8. The summed E-state index contributed by atoms with van der Waals surface area (Å²) in [4.78, 5) is 69.6. The van der Waals surface area contributed by atoms with Crippen LogP contribution in [0, 0.1) is 0 Å². The molecule has 0 radical (unpaired) electrons. The van der Waals surface area contributed by atoms with Crippen LogP contribution in [0.25, 0.3) is 0 Å². The molecule has 0 aliphatic rings. The quantitative estimate of drug-likeness (QED) is 0.115. The fourth-order valence-electron chi connectivity index (χ4n) is 2.71. The predicted octanol–water partition coefficient (Wildman–Crippen LogP) is -1.56. The van der Waals surface area contributed by atoms with Gasteiger partial charge in [0.1, 0.15) is 12.1 Å². The van der Waals surface area contributed by atoms with Gasteiger partial charge in [0.05, 0.1) is 19.3 Å². The number of amides is 4. The first-order valence-corrected chi connectivity index (χ1v) is 10.5. The molecule has 6 N–H and O–H groups in total. The Hall–Kier alpha value is -3.61. The molecule has 0 aliphatic carbocycles. The summed E-state index contributed by atoms with van der Waals surface area (Å²) in [5.41, 5.74) is 1.38. The van der Waals surface area contributed by atoms with E-state index in [4.69, 9.17) is 10.2 Å². The monoisotopic (exact) mass is 482 g/mol. The lowest BCUT2D eigenvalue weighted by Crippen LogP contribution is -2.55. The molecule has 0 saturated carbocycles. The van der Waals surface area contributed by atoms with Gasteiger partial charge in [0, 0.05) is 18.8 Å². The van der Waals surface area contributed by atoms with E-state index in [0.717, 1.165) is 5.56 Å². The van der Waals surface area contributed by atoms with Gasteiger partial charge in [0.15, 0.2) is 0 Å². The molecule has 0 aromatic heterocycles. The predicted molar refractivity (Wildman–Crippen MR) is 118 cm³/mol. The van der Waals surface area contributed by atoms with E-state index in [9.17, 15) is 28.8 Å². The molecule has 1 aromatic carbocycles. The van der Waals surface area contributed by atoms with E-state index >= 15 is 0 Å². The van der Waals surface area contributed by atoms with Crippen LogP contribution < -0.4 is 21.3 Å². The van der Waals surface area contributed by atoms with Crippen molar-refractivity contribution in [2.75, 3.05) is 12.3 Å². The van der Waals surface area contributed by atoms with E-state index in [2.05, 4.69) is 33.9 Å². The zero-order valence-corrected chi connectivity index (χ0v) is 18.5. The van der Waals surface area contributed by atoms with Crippen LogP contribution in [-0.2, 0) is 41.7 Å². The minimum Gasteiger partial charge on any atom is -0.481 e. The highest BCUT2D eigenvalue weighted by molar-refractivity contribution is 7.80. The van der Waals surface area contributed by atoms with Gasteiger partial charge in [-0.15, -0.1) is 0 Å². The summed E-state index contributed by atoms with van der Waals surface area (Å²) < 4.78 is 0. The maximum atomic E-state index is 12.6. The van der Waals surface area contributed by atoms with Gasteiger partial charge in [-0.1, -0.05) is 24.3 Å². The molecular formula is C20H26N4O8S. The molecule has 33 heavy (non-hydrogen) atoms. The fourth-order valence-corrected chi connectivity index (χ4v) is 2.82. The summed E-state index contributed by atoms with van der Waals surface area (Å²) in [6, 6.07) is 3.68. The van der Waals surface area contributed by atoms with Gasteiger partial charge in [-0.3, -0.25) is 28.8 Å². The van der Waals surface area contributed by atoms with Crippen LogP contribution >= 0.6 is 12.6 Å². The Labute approximate surface area is 194 Å². The molecule has 13 heteroatoms. The second kappa shape index (κ2) is 14.5. The van der Waals surface area contributed by atoms with Crippen LogP contribution in [0.1, 0.15) is 24.0 Å². The number of aliphatic carboxylic acids is 2. The number of hydrogen-bond acceptors (Lipinski definition) is 7. The third-order valence-corrected chi connectivity index (χ3v) is 4.45. The number of carboxylic acid groups (broad SMARTS) is 2. The van der Waals surface area contributed by atoms with E-state index in [-0.39, 0.29) is 18.7 Å². The summed E-state index contributed by atoms with van der Waals surface area (Å²) in [6.45, 7) is 0.448. The molecule has 180 valence electrons. The molecule has 1 aromatic rings. The van der Waals surface area contributed by atoms with Crippen molar-refractivity contribution in [3.63, 3.8) is 0 Å². The summed E-state index contributed by atoms with van der Waals surface area (Å²) >= 11 is 3.92. The van der Waals surface area contributed by atoms with Crippen LogP contribution in [0.3, 0.4) is 0 Å². The fraction of sp³-hybridized carbons (Fsp3) is 0.400. The molecule has 1 rings (SSSR count). The van der Waals surface area contributed by atoms with Gasteiger partial charge in [0.2, 0.25) is 24.1 Å². The number of hydrogen-bond donors (Lipinski definition) is 7. The molecule has 0 heterocycles. The van der Waals surface area contributed by atoms with E-state index in [1.54, 1.807) is 24.3 Å². The average molecular weight is 483 g/mol. The molecule has 0 aliphatic heterocycles. The van der Waals surface area contributed by atoms with Crippen LogP contribution in [0.5, 0.6) is 0 Å². The Balaban J connectivity index is 2.83. The Kier molecular flexibility index (Phi) is 12.0. The lowest BCUT2D eigenvalue weighted by Gasteiger charge is -2.21. The van der Waals surface area contributed by atoms with E-state index in [1.165, 1.54) is 0 Å². The van der Waals surface area contributed by atoms with Gasteiger partial charge in [-0.25, -0.2) is 0 Å². The van der Waals surface area contributed by atoms with Crippen LogP contribution in [0.2, 0.25) is 0 Å². The largest absolute Gasteiger partial charge is 0.481 e. The smallest absolute Gasteiger partial charge is 0.305 e. The van der Waals surface area contributed by atoms with Gasteiger partial charge >= 0.3 is 11.9 Å².